The van der Waals surface area contributed by atoms with Gasteiger partial charge in [-0.25, -0.2) is 4.98 Å². The Balaban J connectivity index is 2.78. The van der Waals surface area contributed by atoms with Gasteiger partial charge < -0.3 is 36.9 Å². The fourth-order valence-corrected chi connectivity index (χ4v) is 2.08. The van der Waals surface area contributed by atoms with E-state index in [2.05, 4.69) is 25.9 Å². The number of imidazole rings is 1. The number of nitrogens with one attached hydrogen (secondary N) is 4. The number of carbonyl (C=O) groups is 5. The van der Waals surface area contributed by atoms with E-state index in [0.717, 1.165) is 0 Å². The number of rotatable bonds is 11. The molecule has 0 aliphatic rings. The smallest absolute Gasteiger partial charge is 0.322 e. The molecule has 8 N–H and O–H groups in total. The molecule has 13 heteroatoms. The van der Waals surface area contributed by atoms with Crippen molar-refractivity contribution in [1.82, 2.24) is 25.9 Å². The third-order valence-electron chi connectivity index (χ3n) is 3.51. The van der Waals surface area contributed by atoms with Crippen molar-refractivity contribution in [3.05, 3.63) is 18.2 Å². The molecule has 154 valence electrons. The van der Waals surface area contributed by atoms with Crippen molar-refractivity contribution in [2.75, 3.05) is 6.54 Å². The molecule has 0 aliphatic heterocycles. The van der Waals surface area contributed by atoms with E-state index in [1.54, 1.807) is 0 Å². The van der Waals surface area contributed by atoms with Gasteiger partial charge in [0.05, 0.1) is 18.8 Å². The predicted molar refractivity (Wildman–Crippen MR) is 92.7 cm³/mol. The Bertz CT molecular complexity index is 720. The molecule has 0 spiro atoms. The average Bonchev–Trinajstić information content (AvgIpc) is 3.11. The summed E-state index contributed by atoms with van der Waals surface area (Å²) in [6.07, 6.45) is 2.13. The van der Waals surface area contributed by atoms with Crippen LogP contribution in [0.1, 0.15) is 19.0 Å². The lowest BCUT2D eigenvalue weighted by Crippen LogP contribution is -2.56. The third kappa shape index (κ3) is 7.82. The fourth-order valence-electron chi connectivity index (χ4n) is 2.08. The summed E-state index contributed by atoms with van der Waals surface area (Å²) in [5, 5.41) is 24.1. The molecule has 0 fully saturated rings. The molecule has 28 heavy (non-hydrogen) atoms. The van der Waals surface area contributed by atoms with Crippen LogP contribution >= 0.6 is 0 Å². The van der Waals surface area contributed by atoms with Crippen LogP contribution in [0.2, 0.25) is 0 Å². The molecule has 1 rings (SSSR count). The van der Waals surface area contributed by atoms with Gasteiger partial charge in [0.25, 0.3) is 0 Å². The lowest BCUT2D eigenvalue weighted by molar-refractivity contribution is -0.139. The van der Waals surface area contributed by atoms with E-state index in [1.807, 2.05) is 0 Å². The molecule has 1 heterocycles. The van der Waals surface area contributed by atoms with Crippen molar-refractivity contribution in [2.24, 2.45) is 5.73 Å². The number of aromatic nitrogens is 2. The van der Waals surface area contributed by atoms with Gasteiger partial charge in [-0.15, -0.1) is 0 Å². The SMILES string of the molecule is CC(NC(=O)C(Cc1cnc[nH]1)NC(=O)C(N)CC(=O)O)C(=O)NCC(=O)O. The van der Waals surface area contributed by atoms with Crippen molar-refractivity contribution in [1.29, 1.82) is 0 Å². The Morgan fingerprint density at radius 1 is 1.11 bits per heavy atom. The first-order valence-corrected chi connectivity index (χ1v) is 8.15. The number of H-pyrrole nitrogens is 1. The monoisotopic (exact) mass is 398 g/mol. The zero-order valence-corrected chi connectivity index (χ0v) is 15.0. The number of carboxylic acid groups (broad SMARTS) is 2. The first kappa shape index (κ1) is 22.6. The summed E-state index contributed by atoms with van der Waals surface area (Å²) < 4.78 is 0. The lowest BCUT2D eigenvalue weighted by atomic mass is 10.1. The van der Waals surface area contributed by atoms with Crippen molar-refractivity contribution >= 4 is 29.7 Å². The number of nitrogens with zero attached hydrogens (tertiary/aromatic N) is 1. The summed E-state index contributed by atoms with van der Waals surface area (Å²) in [4.78, 5) is 64.1. The molecule has 13 nitrogen and oxygen atoms in total. The van der Waals surface area contributed by atoms with Crippen LogP contribution in [0, 0.1) is 0 Å². The van der Waals surface area contributed by atoms with Crippen molar-refractivity contribution in [2.45, 2.75) is 37.9 Å². The topological polar surface area (TPSA) is 217 Å². The molecule has 1 aromatic heterocycles. The highest BCUT2D eigenvalue weighted by Gasteiger charge is 2.27. The van der Waals surface area contributed by atoms with Crippen molar-refractivity contribution < 1.29 is 34.2 Å². The van der Waals surface area contributed by atoms with Gasteiger partial charge in [0.15, 0.2) is 0 Å². The van der Waals surface area contributed by atoms with E-state index in [-0.39, 0.29) is 6.42 Å². The summed E-state index contributed by atoms with van der Waals surface area (Å²) in [6.45, 7) is 0.720. The second-order valence-electron chi connectivity index (χ2n) is 5.89. The molecule has 3 unspecified atom stereocenters. The van der Waals surface area contributed by atoms with E-state index in [9.17, 15) is 24.0 Å². The van der Waals surface area contributed by atoms with Crippen molar-refractivity contribution in [3.63, 3.8) is 0 Å². The van der Waals surface area contributed by atoms with Crippen LogP contribution in [0.25, 0.3) is 0 Å². The van der Waals surface area contributed by atoms with Crippen LogP contribution in [0.4, 0.5) is 0 Å². The van der Waals surface area contributed by atoms with Gasteiger partial charge in [0.2, 0.25) is 17.7 Å². The van der Waals surface area contributed by atoms with Gasteiger partial charge in [0, 0.05) is 18.3 Å². The Labute approximate surface area is 159 Å². The Hall–Kier alpha value is -3.48. The molecule has 3 atom stereocenters. The Morgan fingerprint density at radius 3 is 2.32 bits per heavy atom. The van der Waals surface area contributed by atoms with E-state index < -0.39 is 60.8 Å². The number of hydrogen-bond donors (Lipinski definition) is 7. The molecule has 0 bridgehead atoms. The molecule has 3 amide bonds. The number of carbonyl (C=O) groups excluding carboxylic acids is 3. The maximum absolute atomic E-state index is 12.5. The number of aromatic amines is 1. The highest BCUT2D eigenvalue weighted by Crippen LogP contribution is 2.01. The van der Waals surface area contributed by atoms with E-state index in [4.69, 9.17) is 15.9 Å². The molecule has 0 radical (unpaired) electrons. The first-order chi connectivity index (χ1) is 13.1. The van der Waals surface area contributed by atoms with Crippen LogP contribution in [0.5, 0.6) is 0 Å². The highest BCUT2D eigenvalue weighted by molar-refractivity contribution is 5.94. The summed E-state index contributed by atoms with van der Waals surface area (Å²) >= 11 is 0. The quantitative estimate of drug-likeness (QED) is 0.201. The van der Waals surface area contributed by atoms with Gasteiger partial charge in [-0.3, -0.25) is 24.0 Å². The van der Waals surface area contributed by atoms with E-state index in [1.165, 1.54) is 19.4 Å². The minimum atomic E-state index is -1.37. The largest absolute Gasteiger partial charge is 0.481 e. The standard InChI is InChI=1S/C15H22N6O7/c1-7(13(26)18-5-12(24)25)20-15(28)10(2-8-4-17-6-19-8)21-14(27)9(16)3-11(22)23/h4,6-7,9-10H,2-3,5,16H2,1H3,(H,17,19)(H,18,26)(H,20,28)(H,21,27)(H,22,23)(H,24,25). The molecular formula is C15H22N6O7. The summed E-state index contributed by atoms with van der Waals surface area (Å²) in [6, 6.07) is -3.63. The Kier molecular flexibility index (Phi) is 8.55. The molecule has 0 aliphatic carbocycles. The van der Waals surface area contributed by atoms with Crippen LogP contribution in [-0.4, -0.2) is 74.5 Å². The van der Waals surface area contributed by atoms with Crippen LogP contribution in [0.3, 0.4) is 0 Å². The highest BCUT2D eigenvalue weighted by atomic mass is 16.4. The number of hydrogen-bond acceptors (Lipinski definition) is 7. The van der Waals surface area contributed by atoms with Crippen LogP contribution in [-0.2, 0) is 30.4 Å². The Morgan fingerprint density at radius 2 is 1.79 bits per heavy atom. The second kappa shape index (κ2) is 10.6. The number of amides is 3. The normalized spacial score (nSPS) is 13.6. The van der Waals surface area contributed by atoms with Crippen LogP contribution in [0.15, 0.2) is 12.5 Å². The predicted octanol–water partition coefficient (Wildman–Crippen LogP) is -3.06. The minimum Gasteiger partial charge on any atom is -0.481 e. The second-order valence-corrected chi connectivity index (χ2v) is 5.89. The van der Waals surface area contributed by atoms with Crippen molar-refractivity contribution in [3.8, 4) is 0 Å². The number of carboxylic acids is 2. The van der Waals surface area contributed by atoms with Gasteiger partial charge >= 0.3 is 11.9 Å². The number of aliphatic carboxylic acids is 2. The summed E-state index contributed by atoms with van der Waals surface area (Å²) in [5.74, 6) is -4.86. The van der Waals surface area contributed by atoms with E-state index in [0.29, 0.717) is 5.69 Å². The van der Waals surface area contributed by atoms with E-state index >= 15 is 0 Å². The lowest BCUT2D eigenvalue weighted by Gasteiger charge is -2.22. The molecule has 0 saturated heterocycles. The molecule has 1 aromatic rings. The van der Waals surface area contributed by atoms with Gasteiger partial charge in [-0.1, -0.05) is 0 Å². The first-order valence-electron chi connectivity index (χ1n) is 8.15. The minimum absolute atomic E-state index is 0.0270. The van der Waals surface area contributed by atoms with Gasteiger partial charge in [0.1, 0.15) is 18.6 Å². The van der Waals surface area contributed by atoms with Gasteiger partial charge in [-0.05, 0) is 6.92 Å². The zero-order chi connectivity index (χ0) is 21.3. The van der Waals surface area contributed by atoms with Crippen LogP contribution < -0.4 is 21.7 Å². The third-order valence-corrected chi connectivity index (χ3v) is 3.51. The number of nitrogens with two attached hydrogens (primary N) is 1. The van der Waals surface area contributed by atoms with Gasteiger partial charge in [-0.2, -0.15) is 0 Å². The molecular weight excluding hydrogens is 376 g/mol. The average molecular weight is 398 g/mol. The summed E-state index contributed by atoms with van der Waals surface area (Å²) in [5.41, 5.74) is 5.99. The maximum Gasteiger partial charge on any atom is 0.322 e. The zero-order valence-electron chi connectivity index (χ0n) is 15.0. The summed E-state index contributed by atoms with van der Waals surface area (Å²) in [7, 11) is 0. The molecule has 0 aromatic carbocycles. The molecule has 0 saturated carbocycles. The fraction of sp³-hybridized carbons (Fsp3) is 0.467. The maximum atomic E-state index is 12.5.